The van der Waals surface area contributed by atoms with Crippen molar-refractivity contribution in [2.24, 2.45) is 0 Å². The van der Waals surface area contributed by atoms with E-state index >= 15 is 0 Å². The second-order valence-electron chi connectivity index (χ2n) is 7.21. The van der Waals surface area contributed by atoms with Crippen LogP contribution in [-0.4, -0.2) is 52.9 Å². The van der Waals surface area contributed by atoms with Crippen molar-refractivity contribution in [1.82, 2.24) is 14.8 Å². The molecular formula is C23H30FN3O2. The molecule has 1 aromatic heterocycles. The van der Waals surface area contributed by atoms with Crippen molar-refractivity contribution >= 4 is 5.91 Å². The molecule has 1 amide bonds. The summed E-state index contributed by atoms with van der Waals surface area (Å²) in [6, 6.07) is 9.89. The van der Waals surface area contributed by atoms with Gasteiger partial charge in [0.15, 0.2) is 0 Å². The molecule has 0 unspecified atom stereocenters. The number of hydrogen-bond acceptors (Lipinski definition) is 4. The summed E-state index contributed by atoms with van der Waals surface area (Å²) in [6.45, 7) is 7.59. The Morgan fingerprint density at radius 2 is 1.76 bits per heavy atom. The zero-order valence-corrected chi connectivity index (χ0v) is 17.3. The molecule has 2 heterocycles. The van der Waals surface area contributed by atoms with E-state index in [0.717, 1.165) is 38.6 Å². The van der Waals surface area contributed by atoms with Gasteiger partial charge in [0.25, 0.3) is 5.91 Å². The number of pyridine rings is 1. The second kappa shape index (κ2) is 10.3. The Morgan fingerprint density at radius 1 is 1.00 bits per heavy atom. The summed E-state index contributed by atoms with van der Waals surface area (Å²) in [4.78, 5) is 21.5. The van der Waals surface area contributed by atoms with E-state index in [0.29, 0.717) is 17.2 Å². The van der Waals surface area contributed by atoms with Gasteiger partial charge in [-0.05, 0) is 49.6 Å². The van der Waals surface area contributed by atoms with Crippen LogP contribution in [0, 0.1) is 5.82 Å². The molecule has 1 aliphatic heterocycles. The molecule has 4 rings (SSSR count). The first-order valence-electron chi connectivity index (χ1n) is 10.6. The molecule has 5 nitrogen and oxygen atoms in total. The number of hydrogen-bond donors (Lipinski definition) is 0. The highest BCUT2D eigenvalue weighted by Gasteiger charge is 2.28. The zero-order chi connectivity index (χ0) is 20.6. The van der Waals surface area contributed by atoms with E-state index in [9.17, 15) is 9.18 Å². The van der Waals surface area contributed by atoms with Crippen molar-refractivity contribution in [2.75, 3.05) is 26.2 Å². The Morgan fingerprint density at radius 3 is 2.38 bits per heavy atom. The molecule has 0 bridgehead atoms. The largest absolute Gasteiger partial charge is 0.439 e. The van der Waals surface area contributed by atoms with Crippen LogP contribution in [0.1, 0.15) is 49.9 Å². The average Bonchev–Trinajstić information content (AvgIpc) is 2.96. The lowest BCUT2D eigenvalue weighted by atomic mass is 9.91. The molecule has 1 aromatic carbocycles. The molecule has 0 N–H and O–H groups in total. The number of benzene rings is 1. The minimum atomic E-state index is -0.315. The number of rotatable bonds is 4. The van der Waals surface area contributed by atoms with E-state index in [1.54, 1.807) is 30.5 Å². The van der Waals surface area contributed by atoms with Crippen LogP contribution in [-0.2, 0) is 0 Å². The van der Waals surface area contributed by atoms with Crippen LogP contribution in [0.25, 0.3) is 0 Å². The maximum absolute atomic E-state index is 12.9. The van der Waals surface area contributed by atoms with E-state index in [4.69, 9.17) is 4.74 Å². The Labute approximate surface area is 172 Å². The van der Waals surface area contributed by atoms with E-state index in [2.05, 4.69) is 9.88 Å². The highest BCUT2D eigenvalue weighted by molar-refractivity contribution is 5.94. The van der Waals surface area contributed by atoms with Crippen molar-refractivity contribution in [1.29, 1.82) is 0 Å². The second-order valence-corrected chi connectivity index (χ2v) is 7.21. The van der Waals surface area contributed by atoms with Gasteiger partial charge in [0.05, 0.1) is 5.56 Å². The SMILES string of the molecule is CC.O=C(c1ccc(Oc2ccc(F)cc2)nc1)N1CCCN(C2CCC2)CC1. The lowest BCUT2D eigenvalue weighted by Gasteiger charge is -2.36. The van der Waals surface area contributed by atoms with Gasteiger partial charge in [-0.25, -0.2) is 9.37 Å². The summed E-state index contributed by atoms with van der Waals surface area (Å²) >= 11 is 0. The lowest BCUT2D eigenvalue weighted by Crippen LogP contribution is -2.42. The van der Waals surface area contributed by atoms with Crippen LogP contribution in [0.3, 0.4) is 0 Å². The van der Waals surface area contributed by atoms with Crippen LogP contribution >= 0.6 is 0 Å². The van der Waals surface area contributed by atoms with E-state index < -0.39 is 0 Å². The molecule has 1 aliphatic carbocycles. The maximum atomic E-state index is 12.9. The third kappa shape index (κ3) is 5.54. The third-order valence-corrected chi connectivity index (χ3v) is 5.43. The topological polar surface area (TPSA) is 45.7 Å². The minimum absolute atomic E-state index is 0.0197. The fraction of sp³-hybridized carbons (Fsp3) is 0.478. The summed E-state index contributed by atoms with van der Waals surface area (Å²) < 4.78 is 18.5. The molecule has 1 saturated carbocycles. The van der Waals surface area contributed by atoms with Crippen molar-refractivity contribution in [3.8, 4) is 11.6 Å². The smallest absolute Gasteiger partial charge is 0.255 e. The molecule has 2 fully saturated rings. The number of nitrogens with zero attached hydrogens (tertiary/aromatic N) is 3. The van der Waals surface area contributed by atoms with Crippen LogP contribution in [0.5, 0.6) is 11.6 Å². The average molecular weight is 400 g/mol. The maximum Gasteiger partial charge on any atom is 0.255 e. The third-order valence-electron chi connectivity index (χ3n) is 5.43. The Hall–Kier alpha value is -2.47. The van der Waals surface area contributed by atoms with E-state index in [1.807, 2.05) is 18.7 Å². The number of amides is 1. The number of ether oxygens (including phenoxy) is 1. The van der Waals surface area contributed by atoms with Crippen LogP contribution in [0.4, 0.5) is 4.39 Å². The number of carbonyl (C=O) groups is 1. The van der Waals surface area contributed by atoms with Crippen LogP contribution < -0.4 is 4.74 Å². The van der Waals surface area contributed by atoms with E-state index in [-0.39, 0.29) is 11.7 Å². The predicted octanol–water partition coefficient (Wildman–Crippen LogP) is 4.74. The molecule has 2 aromatic rings. The molecule has 1 saturated heterocycles. The normalized spacial score (nSPS) is 17.6. The van der Waals surface area contributed by atoms with E-state index in [1.165, 1.54) is 31.4 Å². The summed E-state index contributed by atoms with van der Waals surface area (Å²) in [5, 5.41) is 0. The highest BCUT2D eigenvalue weighted by atomic mass is 19.1. The quantitative estimate of drug-likeness (QED) is 0.745. The van der Waals surface area contributed by atoms with Gasteiger partial charge < -0.3 is 9.64 Å². The summed E-state index contributed by atoms with van der Waals surface area (Å²) in [6.07, 6.45) is 6.50. The van der Waals surface area contributed by atoms with Gasteiger partial charge >= 0.3 is 0 Å². The Bertz CT molecular complexity index is 776. The predicted molar refractivity (Wildman–Crippen MR) is 112 cm³/mol. The monoisotopic (exact) mass is 399 g/mol. The Kier molecular flexibility index (Phi) is 7.58. The fourth-order valence-electron chi connectivity index (χ4n) is 3.63. The van der Waals surface area contributed by atoms with Crippen molar-refractivity contribution < 1.29 is 13.9 Å². The van der Waals surface area contributed by atoms with Gasteiger partial charge in [0.1, 0.15) is 11.6 Å². The van der Waals surface area contributed by atoms with Crippen molar-refractivity contribution in [2.45, 2.75) is 45.6 Å². The number of aromatic nitrogens is 1. The number of carbonyl (C=O) groups excluding carboxylic acids is 1. The van der Waals surface area contributed by atoms with Crippen LogP contribution in [0.2, 0.25) is 0 Å². The standard InChI is InChI=1S/C21H24FN3O2.C2H6/c22-17-6-8-19(9-7-17)27-20-10-5-16(15-23-20)21(26)25-12-2-11-24(13-14-25)18-3-1-4-18;1-2/h5-10,15,18H,1-4,11-14H2;1-2H3. The summed E-state index contributed by atoms with van der Waals surface area (Å²) in [5.41, 5.74) is 0.568. The summed E-state index contributed by atoms with van der Waals surface area (Å²) in [5.74, 6) is 0.590. The molecule has 156 valence electrons. The van der Waals surface area contributed by atoms with Crippen molar-refractivity contribution in [3.05, 3.63) is 54.0 Å². The fourth-order valence-corrected chi connectivity index (χ4v) is 3.63. The van der Waals surface area contributed by atoms with Crippen LogP contribution in [0.15, 0.2) is 42.6 Å². The molecular weight excluding hydrogens is 369 g/mol. The number of halogens is 1. The first-order valence-corrected chi connectivity index (χ1v) is 10.6. The zero-order valence-electron chi connectivity index (χ0n) is 17.3. The Balaban J connectivity index is 0.00000117. The first kappa shape index (κ1) is 21.2. The van der Waals surface area contributed by atoms with Crippen molar-refractivity contribution in [3.63, 3.8) is 0 Å². The summed E-state index contributed by atoms with van der Waals surface area (Å²) in [7, 11) is 0. The molecule has 2 aliphatic rings. The van der Waals surface area contributed by atoms with Gasteiger partial charge in [0, 0.05) is 44.5 Å². The molecule has 0 atom stereocenters. The lowest BCUT2D eigenvalue weighted by molar-refractivity contribution is 0.0749. The van der Waals surface area contributed by atoms with Gasteiger partial charge in [-0.2, -0.15) is 0 Å². The van der Waals surface area contributed by atoms with Gasteiger partial charge in [0.2, 0.25) is 5.88 Å². The van der Waals surface area contributed by atoms with Gasteiger partial charge in [-0.15, -0.1) is 0 Å². The molecule has 0 spiro atoms. The van der Waals surface area contributed by atoms with Gasteiger partial charge in [-0.1, -0.05) is 20.3 Å². The highest BCUT2D eigenvalue weighted by Crippen LogP contribution is 2.26. The molecule has 6 heteroatoms. The van der Waals surface area contributed by atoms with Gasteiger partial charge in [-0.3, -0.25) is 9.69 Å². The minimum Gasteiger partial charge on any atom is -0.439 e. The molecule has 0 radical (unpaired) electrons. The molecule has 29 heavy (non-hydrogen) atoms. The first-order chi connectivity index (χ1) is 14.2.